The lowest BCUT2D eigenvalue weighted by Crippen LogP contribution is -2.14. The number of alkyl halides is 1. The van der Waals surface area contributed by atoms with Crippen LogP contribution in [0, 0.1) is 6.92 Å². The fraction of sp³-hybridized carbons (Fsp3) is 0.375. The smallest absolute Gasteiger partial charge is 0.0855 e. The number of rotatable bonds is 2. The molecule has 3 rings (SSSR count). The molecule has 1 saturated heterocycles. The van der Waals surface area contributed by atoms with Crippen molar-refractivity contribution in [2.75, 3.05) is 6.61 Å². The first-order valence-electron chi connectivity index (χ1n) is 6.51. The maximum atomic E-state index is 6.67. The standard InChI is InChI=1S/C16H17ClO/c1-11-8-9-12-5-2-3-6-13(12)15(11)16(17)14-7-4-10-18-14/h2-3,5-6,8-9,14,16H,4,7,10H2,1H3. The summed E-state index contributed by atoms with van der Waals surface area (Å²) in [6, 6.07) is 12.7. The average molecular weight is 261 g/mol. The van der Waals surface area contributed by atoms with Gasteiger partial charge in [0.15, 0.2) is 0 Å². The molecule has 0 N–H and O–H groups in total. The summed E-state index contributed by atoms with van der Waals surface area (Å²) in [5.41, 5.74) is 2.49. The number of hydrogen-bond acceptors (Lipinski definition) is 1. The summed E-state index contributed by atoms with van der Waals surface area (Å²) in [6.07, 6.45) is 2.35. The quantitative estimate of drug-likeness (QED) is 0.717. The van der Waals surface area contributed by atoms with Crippen LogP contribution in [-0.2, 0) is 4.74 Å². The second kappa shape index (κ2) is 4.91. The van der Waals surface area contributed by atoms with Crippen LogP contribution in [0.2, 0.25) is 0 Å². The molecule has 1 fully saturated rings. The highest BCUT2D eigenvalue weighted by Gasteiger charge is 2.27. The summed E-state index contributed by atoms with van der Waals surface area (Å²) in [4.78, 5) is 0. The van der Waals surface area contributed by atoms with Gasteiger partial charge in [-0.1, -0.05) is 36.4 Å². The monoisotopic (exact) mass is 260 g/mol. The van der Waals surface area contributed by atoms with Gasteiger partial charge in [-0.2, -0.15) is 0 Å². The number of halogens is 1. The number of fused-ring (bicyclic) bond motifs is 1. The normalized spacial score (nSPS) is 21.3. The molecule has 1 nitrogen and oxygen atoms in total. The van der Waals surface area contributed by atoms with Crippen LogP contribution >= 0.6 is 11.6 Å². The summed E-state index contributed by atoms with van der Waals surface area (Å²) < 4.78 is 5.74. The third-order valence-corrected chi connectivity index (χ3v) is 4.26. The van der Waals surface area contributed by atoms with Crippen molar-refractivity contribution in [2.45, 2.75) is 31.2 Å². The van der Waals surface area contributed by atoms with Crippen molar-refractivity contribution < 1.29 is 4.74 Å². The van der Waals surface area contributed by atoms with Crippen LogP contribution in [-0.4, -0.2) is 12.7 Å². The van der Waals surface area contributed by atoms with Crippen LogP contribution in [0.1, 0.15) is 29.3 Å². The van der Waals surface area contributed by atoms with Gasteiger partial charge in [-0.25, -0.2) is 0 Å². The maximum absolute atomic E-state index is 6.67. The molecule has 2 aromatic rings. The first-order chi connectivity index (χ1) is 8.77. The van der Waals surface area contributed by atoms with Crippen LogP contribution in [0.4, 0.5) is 0 Å². The van der Waals surface area contributed by atoms with Gasteiger partial charge in [0.25, 0.3) is 0 Å². The van der Waals surface area contributed by atoms with Crippen molar-refractivity contribution in [3.8, 4) is 0 Å². The highest BCUT2D eigenvalue weighted by atomic mass is 35.5. The van der Waals surface area contributed by atoms with E-state index in [9.17, 15) is 0 Å². The first-order valence-corrected chi connectivity index (χ1v) is 6.95. The summed E-state index contributed by atoms with van der Waals surface area (Å²) >= 11 is 6.67. The zero-order valence-corrected chi connectivity index (χ0v) is 11.3. The SMILES string of the molecule is Cc1ccc2ccccc2c1C(Cl)C1CCCO1. The number of ether oxygens (including phenoxy) is 1. The van der Waals surface area contributed by atoms with Crippen molar-refractivity contribution >= 4 is 22.4 Å². The third kappa shape index (κ3) is 2.02. The molecule has 1 aliphatic heterocycles. The highest BCUT2D eigenvalue weighted by Crippen LogP contribution is 2.37. The van der Waals surface area contributed by atoms with Gasteiger partial charge in [0, 0.05) is 6.61 Å². The molecule has 0 aliphatic carbocycles. The molecule has 0 amide bonds. The molecule has 0 bridgehead atoms. The van der Waals surface area contributed by atoms with Crippen LogP contribution in [0.5, 0.6) is 0 Å². The third-order valence-electron chi connectivity index (χ3n) is 3.76. The molecule has 2 heteroatoms. The van der Waals surface area contributed by atoms with Crippen molar-refractivity contribution in [2.24, 2.45) is 0 Å². The van der Waals surface area contributed by atoms with E-state index in [1.165, 1.54) is 21.9 Å². The van der Waals surface area contributed by atoms with Crippen molar-refractivity contribution in [1.82, 2.24) is 0 Å². The van der Waals surface area contributed by atoms with E-state index in [4.69, 9.17) is 16.3 Å². The van der Waals surface area contributed by atoms with E-state index in [1.54, 1.807) is 0 Å². The van der Waals surface area contributed by atoms with E-state index in [0.29, 0.717) is 0 Å². The van der Waals surface area contributed by atoms with Gasteiger partial charge in [0.1, 0.15) is 0 Å². The largest absolute Gasteiger partial charge is 0.376 e. The lowest BCUT2D eigenvalue weighted by Gasteiger charge is -2.20. The molecule has 94 valence electrons. The van der Waals surface area contributed by atoms with Gasteiger partial charge in [-0.3, -0.25) is 0 Å². The fourth-order valence-electron chi connectivity index (χ4n) is 2.79. The second-order valence-corrected chi connectivity index (χ2v) is 5.44. The van der Waals surface area contributed by atoms with Crippen molar-refractivity contribution in [3.63, 3.8) is 0 Å². The minimum atomic E-state index is -0.0430. The van der Waals surface area contributed by atoms with E-state index >= 15 is 0 Å². The number of aryl methyl sites for hydroxylation is 1. The van der Waals surface area contributed by atoms with E-state index in [2.05, 4.69) is 43.3 Å². The Morgan fingerprint density at radius 1 is 1.22 bits per heavy atom. The van der Waals surface area contributed by atoms with Crippen LogP contribution < -0.4 is 0 Å². The second-order valence-electron chi connectivity index (χ2n) is 4.97. The molecule has 0 spiro atoms. The number of benzene rings is 2. The van der Waals surface area contributed by atoms with Crippen molar-refractivity contribution in [3.05, 3.63) is 47.5 Å². The van der Waals surface area contributed by atoms with Crippen molar-refractivity contribution in [1.29, 1.82) is 0 Å². The molecule has 2 unspecified atom stereocenters. The molecule has 2 atom stereocenters. The van der Waals surface area contributed by atoms with Gasteiger partial charge in [0.2, 0.25) is 0 Å². The Balaban J connectivity index is 2.11. The lowest BCUT2D eigenvalue weighted by molar-refractivity contribution is 0.107. The van der Waals surface area contributed by atoms with Crippen LogP contribution in [0.25, 0.3) is 10.8 Å². The Kier molecular flexibility index (Phi) is 3.27. The molecular formula is C16H17ClO. The molecule has 1 heterocycles. The molecule has 0 aromatic heterocycles. The van der Waals surface area contributed by atoms with Gasteiger partial charge < -0.3 is 4.74 Å². The summed E-state index contributed by atoms with van der Waals surface area (Å²) in [7, 11) is 0. The molecule has 2 aromatic carbocycles. The lowest BCUT2D eigenvalue weighted by atomic mass is 9.94. The summed E-state index contributed by atoms with van der Waals surface area (Å²) in [6.45, 7) is 2.98. The zero-order valence-electron chi connectivity index (χ0n) is 10.5. The maximum Gasteiger partial charge on any atom is 0.0855 e. The number of hydrogen-bond donors (Lipinski definition) is 0. The molecule has 0 saturated carbocycles. The summed E-state index contributed by atoms with van der Waals surface area (Å²) in [5.74, 6) is 0. The predicted octanol–water partition coefficient (Wildman–Crippen LogP) is 4.61. The van der Waals surface area contributed by atoms with Crippen LogP contribution in [0.15, 0.2) is 36.4 Å². The van der Waals surface area contributed by atoms with E-state index in [0.717, 1.165) is 19.4 Å². The van der Waals surface area contributed by atoms with Gasteiger partial charge >= 0.3 is 0 Å². The molecule has 0 radical (unpaired) electrons. The first kappa shape index (κ1) is 12.0. The average Bonchev–Trinajstić information content (AvgIpc) is 2.92. The van der Waals surface area contributed by atoms with Gasteiger partial charge in [-0.05, 0) is 41.7 Å². The Bertz CT molecular complexity index is 558. The van der Waals surface area contributed by atoms with E-state index in [1.807, 2.05) is 0 Å². The Hall–Kier alpha value is -1.05. The minimum absolute atomic E-state index is 0.0430. The van der Waals surface area contributed by atoms with Gasteiger partial charge in [0.05, 0.1) is 11.5 Å². The molecule has 1 aliphatic rings. The molecule has 18 heavy (non-hydrogen) atoms. The Morgan fingerprint density at radius 3 is 2.83 bits per heavy atom. The Labute approximate surface area is 113 Å². The Morgan fingerprint density at radius 2 is 2.06 bits per heavy atom. The summed E-state index contributed by atoms with van der Waals surface area (Å²) in [5, 5.41) is 2.47. The van der Waals surface area contributed by atoms with E-state index < -0.39 is 0 Å². The van der Waals surface area contributed by atoms with E-state index in [-0.39, 0.29) is 11.5 Å². The van der Waals surface area contributed by atoms with Crippen LogP contribution in [0.3, 0.4) is 0 Å². The van der Waals surface area contributed by atoms with Gasteiger partial charge in [-0.15, -0.1) is 11.6 Å². The zero-order chi connectivity index (χ0) is 12.5. The fourth-order valence-corrected chi connectivity index (χ4v) is 3.28. The predicted molar refractivity (Wildman–Crippen MR) is 76.3 cm³/mol. The molecular weight excluding hydrogens is 244 g/mol. The highest BCUT2D eigenvalue weighted by molar-refractivity contribution is 6.22. The minimum Gasteiger partial charge on any atom is -0.376 e. The topological polar surface area (TPSA) is 9.23 Å².